The number of carbonyl (C=O) groups excluding carboxylic acids is 3. The topological polar surface area (TPSA) is 137 Å². The van der Waals surface area contributed by atoms with Crippen LogP contribution in [0.15, 0.2) is 90.0 Å². The van der Waals surface area contributed by atoms with Crippen LogP contribution in [0.1, 0.15) is 21.6 Å². The Labute approximate surface area is 223 Å². The third-order valence-electron chi connectivity index (χ3n) is 6.01. The summed E-state index contributed by atoms with van der Waals surface area (Å²) >= 11 is 0. The molecule has 4 N–H and O–H groups in total. The molecule has 39 heavy (non-hydrogen) atoms. The molecule has 0 radical (unpaired) electrons. The molecule has 0 atom stereocenters. The summed E-state index contributed by atoms with van der Waals surface area (Å²) in [7, 11) is -4.87. The number of nitrogens with one attached hydrogen (secondary N) is 4. The third kappa shape index (κ3) is 5.63. The number of hydrogen-bond acceptors (Lipinski definition) is 5. The van der Waals surface area contributed by atoms with Crippen molar-refractivity contribution in [2.24, 2.45) is 0 Å². The summed E-state index contributed by atoms with van der Waals surface area (Å²) in [4.78, 5) is 40.0. The number of fused-ring (bicyclic) bond motifs is 1. The summed E-state index contributed by atoms with van der Waals surface area (Å²) in [6, 6.07) is 20.6. The molecule has 3 amide bonds. The van der Waals surface area contributed by atoms with Crippen molar-refractivity contribution in [2.45, 2.75) is 4.90 Å². The van der Waals surface area contributed by atoms with Crippen LogP contribution in [0.25, 0.3) is 22.8 Å². The summed E-state index contributed by atoms with van der Waals surface area (Å²) in [6.07, 6.45) is 3.55. The van der Waals surface area contributed by atoms with Crippen molar-refractivity contribution in [3.8, 4) is 11.1 Å². The molecule has 11 heteroatoms. The van der Waals surface area contributed by atoms with Crippen LogP contribution >= 0.6 is 0 Å². The highest BCUT2D eigenvalue weighted by atomic mass is 32.3. The lowest BCUT2D eigenvalue weighted by atomic mass is 9.94. The molecule has 0 unspecified atom stereocenters. The largest absolute Gasteiger partial charge is 0.362 e. The lowest BCUT2D eigenvalue weighted by molar-refractivity contribution is -0.115. The van der Waals surface area contributed by atoms with Crippen molar-refractivity contribution in [3.63, 3.8) is 0 Å². The summed E-state index contributed by atoms with van der Waals surface area (Å²) in [5.41, 5.74) is 4.85. The average molecular weight is 545 g/mol. The molecule has 5 rings (SSSR count). The molecule has 3 aromatic carbocycles. The van der Waals surface area contributed by atoms with Gasteiger partial charge in [0.15, 0.2) is 0 Å². The first-order valence-corrected chi connectivity index (χ1v) is 13.1. The van der Waals surface area contributed by atoms with E-state index in [0.29, 0.717) is 16.9 Å². The van der Waals surface area contributed by atoms with Crippen molar-refractivity contribution in [1.82, 2.24) is 10.3 Å². The second-order valence-corrected chi connectivity index (χ2v) is 9.99. The van der Waals surface area contributed by atoms with Crippen LogP contribution in [-0.2, 0) is 19.8 Å². The van der Waals surface area contributed by atoms with Crippen molar-refractivity contribution < 1.29 is 26.7 Å². The number of hydrogen-bond donors (Lipinski definition) is 4. The van der Waals surface area contributed by atoms with Gasteiger partial charge in [-0.25, -0.2) is 0 Å². The van der Waals surface area contributed by atoms with Gasteiger partial charge in [0.25, 0.3) is 11.8 Å². The number of anilines is 2. The highest BCUT2D eigenvalue weighted by Gasteiger charge is 2.27. The Balaban J connectivity index is 1.30. The fourth-order valence-electron chi connectivity index (χ4n) is 4.22. The molecule has 1 aliphatic heterocycles. The summed E-state index contributed by atoms with van der Waals surface area (Å²) < 4.78 is 34.9. The van der Waals surface area contributed by atoms with Gasteiger partial charge in [-0.2, -0.15) is 8.42 Å². The minimum Gasteiger partial charge on any atom is -0.362 e. The fourth-order valence-corrected chi connectivity index (χ4v) is 4.68. The lowest BCUT2D eigenvalue weighted by Gasteiger charge is -2.12. The first-order valence-electron chi connectivity index (χ1n) is 11.7. The molecule has 0 saturated carbocycles. The minimum absolute atomic E-state index is 0.0708. The number of carbonyl (C=O) groups is 3. The van der Waals surface area contributed by atoms with Crippen LogP contribution in [0.3, 0.4) is 0 Å². The van der Waals surface area contributed by atoms with Gasteiger partial charge >= 0.3 is 10.2 Å². The van der Waals surface area contributed by atoms with Gasteiger partial charge in [-0.1, -0.05) is 24.3 Å². The van der Waals surface area contributed by atoms with E-state index in [-0.39, 0.29) is 18.0 Å². The van der Waals surface area contributed by atoms with E-state index >= 15 is 0 Å². The van der Waals surface area contributed by atoms with Crippen LogP contribution in [0.2, 0.25) is 0 Å². The van der Waals surface area contributed by atoms with E-state index in [9.17, 15) is 26.7 Å². The third-order valence-corrected chi connectivity index (χ3v) is 6.85. The van der Waals surface area contributed by atoms with Gasteiger partial charge in [-0.15, -0.1) is 3.89 Å². The fraction of sp³-hybridized carbons (Fsp3) is 0.0357. The highest BCUT2D eigenvalue weighted by molar-refractivity contribution is 7.86. The van der Waals surface area contributed by atoms with Crippen molar-refractivity contribution in [3.05, 3.63) is 102 Å². The molecule has 0 aliphatic carbocycles. The molecular weight excluding hydrogens is 523 g/mol. The zero-order valence-corrected chi connectivity index (χ0v) is 21.0. The SMILES string of the molecule is O=C(CNC(=O)c1ccc(S(=O)(=O)F)cc1)Nc1cccc(-c2cccc3c2C(=Cc2ccc[nH]2)C(=O)N3)c1. The smallest absolute Gasteiger partial charge is 0.332 e. The van der Waals surface area contributed by atoms with Gasteiger partial charge in [0.05, 0.1) is 17.0 Å². The molecule has 0 spiro atoms. The molecule has 4 aromatic rings. The molecule has 0 saturated heterocycles. The maximum Gasteiger partial charge on any atom is 0.332 e. The van der Waals surface area contributed by atoms with Crippen LogP contribution in [0.4, 0.5) is 15.3 Å². The molecule has 1 aromatic heterocycles. The number of aromatic amines is 1. The Morgan fingerprint density at radius 3 is 2.44 bits per heavy atom. The monoisotopic (exact) mass is 544 g/mol. The van der Waals surface area contributed by atoms with E-state index in [4.69, 9.17) is 0 Å². The van der Waals surface area contributed by atoms with Gasteiger partial charge in [-0.3, -0.25) is 14.4 Å². The van der Waals surface area contributed by atoms with Gasteiger partial charge in [0, 0.05) is 34.4 Å². The quantitative estimate of drug-likeness (QED) is 0.204. The van der Waals surface area contributed by atoms with Gasteiger partial charge < -0.3 is 20.9 Å². The Bertz CT molecular complexity index is 1730. The van der Waals surface area contributed by atoms with Gasteiger partial charge in [-0.05, 0) is 71.8 Å². The van der Waals surface area contributed by atoms with E-state index in [1.807, 2.05) is 36.4 Å². The van der Waals surface area contributed by atoms with Crippen LogP contribution < -0.4 is 16.0 Å². The molecule has 0 bridgehead atoms. The number of H-pyrrole nitrogens is 1. The second-order valence-electron chi connectivity index (χ2n) is 8.64. The molecule has 0 fully saturated rings. The molecular formula is C28H21FN4O5S. The number of aromatic nitrogens is 1. The number of benzene rings is 3. The Morgan fingerprint density at radius 2 is 1.72 bits per heavy atom. The highest BCUT2D eigenvalue weighted by Crippen LogP contribution is 2.40. The normalized spacial score (nSPS) is 13.6. The lowest BCUT2D eigenvalue weighted by Crippen LogP contribution is -2.32. The molecule has 196 valence electrons. The standard InChI is InChI=1S/C28H21FN4O5S/c29-39(37,38)21-11-9-17(10-12-21)27(35)31-16-25(34)32-20-5-1-4-18(14-20)22-7-2-8-24-26(22)23(28(36)33-24)15-19-6-3-13-30-19/h1-15,30H,16H2,(H,31,35)(H,32,34)(H,33,36). The Hall–Kier alpha value is -5.03. The number of rotatable bonds is 7. The van der Waals surface area contributed by atoms with Crippen molar-refractivity contribution in [1.29, 1.82) is 0 Å². The maximum atomic E-state index is 13.0. The van der Waals surface area contributed by atoms with Gasteiger partial charge in [0.2, 0.25) is 5.91 Å². The average Bonchev–Trinajstić information content (AvgIpc) is 3.54. The molecule has 1 aliphatic rings. The Kier molecular flexibility index (Phi) is 6.82. The minimum atomic E-state index is -4.87. The zero-order chi connectivity index (χ0) is 27.6. The van der Waals surface area contributed by atoms with E-state index in [2.05, 4.69) is 20.9 Å². The van der Waals surface area contributed by atoms with E-state index in [0.717, 1.165) is 46.6 Å². The predicted molar refractivity (Wildman–Crippen MR) is 145 cm³/mol. The summed E-state index contributed by atoms with van der Waals surface area (Å²) in [6.45, 7) is -0.353. The summed E-state index contributed by atoms with van der Waals surface area (Å²) in [5, 5.41) is 8.05. The number of amides is 3. The van der Waals surface area contributed by atoms with Crippen molar-refractivity contribution in [2.75, 3.05) is 17.2 Å². The summed E-state index contributed by atoms with van der Waals surface area (Å²) in [5.74, 6) is -1.33. The maximum absolute atomic E-state index is 13.0. The van der Waals surface area contributed by atoms with E-state index in [1.165, 1.54) is 0 Å². The van der Waals surface area contributed by atoms with Crippen LogP contribution in [-0.4, -0.2) is 37.7 Å². The van der Waals surface area contributed by atoms with E-state index in [1.54, 1.807) is 30.5 Å². The predicted octanol–water partition coefficient (Wildman–Crippen LogP) is 4.20. The van der Waals surface area contributed by atoms with Crippen LogP contribution in [0.5, 0.6) is 0 Å². The molecule has 9 nitrogen and oxygen atoms in total. The first-order chi connectivity index (χ1) is 18.7. The second kappa shape index (κ2) is 10.4. The van der Waals surface area contributed by atoms with Gasteiger partial charge in [0.1, 0.15) is 0 Å². The van der Waals surface area contributed by atoms with E-state index < -0.39 is 26.9 Å². The van der Waals surface area contributed by atoms with Crippen molar-refractivity contribution >= 4 is 51.0 Å². The Morgan fingerprint density at radius 1 is 0.949 bits per heavy atom. The first kappa shape index (κ1) is 25.6. The zero-order valence-electron chi connectivity index (χ0n) is 20.2. The van der Waals surface area contributed by atoms with Crippen LogP contribution in [0, 0.1) is 0 Å². The number of halogens is 1. The molecule has 2 heterocycles.